The number of hydrogen-bond donors (Lipinski definition) is 1. The highest BCUT2D eigenvalue weighted by atomic mass is 16.5. The molecule has 0 radical (unpaired) electrons. The normalized spacial score (nSPS) is 13.6. The van der Waals surface area contributed by atoms with Crippen LogP contribution in [0.25, 0.3) is 0 Å². The Kier molecular flexibility index (Phi) is 7.33. The van der Waals surface area contributed by atoms with Crippen LogP contribution in [0.2, 0.25) is 0 Å². The molecule has 1 aliphatic rings. The summed E-state index contributed by atoms with van der Waals surface area (Å²) < 4.78 is 11.4. The molecular weight excluding hydrogens is 380 g/mol. The molecule has 0 aromatic heterocycles. The van der Waals surface area contributed by atoms with Gasteiger partial charge in [-0.2, -0.15) is 0 Å². The minimum absolute atomic E-state index is 0.0194. The number of carbonyl (C=O) groups is 2. The minimum atomic E-state index is -0.218. The molecule has 1 saturated heterocycles. The van der Waals surface area contributed by atoms with Gasteiger partial charge in [-0.15, -0.1) is 0 Å². The summed E-state index contributed by atoms with van der Waals surface area (Å²) in [6.07, 6.45) is 3.25. The van der Waals surface area contributed by atoms with E-state index in [0.29, 0.717) is 23.7 Å². The van der Waals surface area contributed by atoms with Crippen molar-refractivity contribution in [2.75, 3.05) is 31.6 Å². The van der Waals surface area contributed by atoms with Crippen molar-refractivity contribution in [3.8, 4) is 11.5 Å². The number of benzene rings is 2. The summed E-state index contributed by atoms with van der Waals surface area (Å²) >= 11 is 0. The van der Waals surface area contributed by atoms with E-state index < -0.39 is 0 Å². The second-order valence-electron chi connectivity index (χ2n) is 7.55. The topological polar surface area (TPSA) is 67.9 Å². The number of para-hydroxylation sites is 1. The molecule has 0 saturated carbocycles. The van der Waals surface area contributed by atoms with Gasteiger partial charge in [-0.3, -0.25) is 9.59 Å². The minimum Gasteiger partial charge on any atom is -0.490 e. The predicted octanol–water partition coefficient (Wildman–Crippen LogP) is 4.35. The van der Waals surface area contributed by atoms with Crippen LogP contribution in [0.5, 0.6) is 11.5 Å². The zero-order chi connectivity index (χ0) is 21.5. The number of likely N-dealkylation sites (tertiary alicyclic amines) is 1. The van der Waals surface area contributed by atoms with Gasteiger partial charge in [-0.1, -0.05) is 18.2 Å². The number of piperidine rings is 1. The van der Waals surface area contributed by atoms with Crippen LogP contribution < -0.4 is 14.8 Å². The molecule has 1 N–H and O–H groups in total. The van der Waals surface area contributed by atoms with E-state index in [4.69, 9.17) is 9.47 Å². The first kappa shape index (κ1) is 21.7. The fraction of sp³-hybridized carbons (Fsp3) is 0.417. The van der Waals surface area contributed by atoms with Crippen LogP contribution in [0.1, 0.15) is 47.7 Å². The maximum Gasteiger partial charge on any atom is 0.260 e. The highest BCUT2D eigenvalue weighted by Gasteiger charge is 2.19. The maximum atomic E-state index is 12.8. The van der Waals surface area contributed by atoms with Crippen LogP contribution >= 0.6 is 0 Å². The van der Waals surface area contributed by atoms with Crippen molar-refractivity contribution in [2.45, 2.75) is 40.0 Å². The van der Waals surface area contributed by atoms with E-state index in [1.807, 2.05) is 43.9 Å². The van der Waals surface area contributed by atoms with Gasteiger partial charge in [0.1, 0.15) is 0 Å². The predicted molar refractivity (Wildman–Crippen MR) is 117 cm³/mol. The van der Waals surface area contributed by atoms with Crippen molar-refractivity contribution in [3.05, 3.63) is 53.1 Å². The molecule has 0 bridgehead atoms. The molecule has 1 heterocycles. The molecule has 2 aromatic rings. The molecule has 1 aliphatic heterocycles. The van der Waals surface area contributed by atoms with Gasteiger partial charge in [0.05, 0.1) is 6.61 Å². The number of amides is 2. The second kappa shape index (κ2) is 10.1. The number of carbonyl (C=O) groups excluding carboxylic acids is 2. The highest BCUT2D eigenvalue weighted by molar-refractivity contribution is 6.05. The number of ether oxygens (including phenoxy) is 2. The first-order valence-electron chi connectivity index (χ1n) is 10.5. The van der Waals surface area contributed by atoms with E-state index >= 15 is 0 Å². The average molecular weight is 411 g/mol. The van der Waals surface area contributed by atoms with Crippen LogP contribution in [-0.4, -0.2) is 43.0 Å². The van der Waals surface area contributed by atoms with E-state index in [2.05, 4.69) is 5.32 Å². The average Bonchev–Trinajstić information content (AvgIpc) is 2.76. The summed E-state index contributed by atoms with van der Waals surface area (Å²) in [4.78, 5) is 27.0. The molecule has 3 rings (SSSR count). The van der Waals surface area contributed by atoms with Crippen molar-refractivity contribution in [2.24, 2.45) is 0 Å². The molecule has 0 aliphatic carbocycles. The Hall–Kier alpha value is -3.02. The van der Waals surface area contributed by atoms with Crippen LogP contribution in [0.15, 0.2) is 36.4 Å². The largest absolute Gasteiger partial charge is 0.490 e. The van der Waals surface area contributed by atoms with Gasteiger partial charge >= 0.3 is 0 Å². The molecule has 6 heteroatoms. The van der Waals surface area contributed by atoms with Gasteiger partial charge in [-0.25, -0.2) is 0 Å². The molecular formula is C24H30N2O4. The van der Waals surface area contributed by atoms with Gasteiger partial charge in [0.2, 0.25) is 0 Å². The number of nitrogens with one attached hydrogen (secondary N) is 1. The van der Waals surface area contributed by atoms with Gasteiger partial charge < -0.3 is 19.7 Å². The summed E-state index contributed by atoms with van der Waals surface area (Å²) in [5.74, 6) is 0.683. The Morgan fingerprint density at radius 2 is 1.67 bits per heavy atom. The molecule has 2 amide bonds. The Bertz CT molecular complexity index is 884. The monoisotopic (exact) mass is 410 g/mol. The summed E-state index contributed by atoms with van der Waals surface area (Å²) in [6, 6.07) is 10.9. The lowest BCUT2D eigenvalue weighted by molar-refractivity contribution is -0.134. The number of nitrogens with zero attached hydrogens (tertiary/aromatic N) is 1. The molecule has 0 unspecified atom stereocenters. The zero-order valence-electron chi connectivity index (χ0n) is 18.0. The molecule has 6 nitrogen and oxygen atoms in total. The third-order valence-corrected chi connectivity index (χ3v) is 5.29. The lowest BCUT2D eigenvalue weighted by atomic mass is 10.1. The fourth-order valence-electron chi connectivity index (χ4n) is 3.61. The quantitative estimate of drug-likeness (QED) is 0.737. The Morgan fingerprint density at radius 3 is 2.33 bits per heavy atom. The SMILES string of the molecule is CCOc1cc(C(=O)Nc2c(C)cccc2C)ccc1OCC(=O)N1CCCCC1. The molecule has 2 aromatic carbocycles. The molecule has 0 spiro atoms. The van der Waals surface area contributed by atoms with Crippen LogP contribution in [0.4, 0.5) is 5.69 Å². The molecule has 0 atom stereocenters. The fourth-order valence-corrected chi connectivity index (χ4v) is 3.61. The van der Waals surface area contributed by atoms with Crippen LogP contribution in [-0.2, 0) is 4.79 Å². The highest BCUT2D eigenvalue weighted by Crippen LogP contribution is 2.29. The van der Waals surface area contributed by atoms with Crippen molar-refractivity contribution < 1.29 is 19.1 Å². The van der Waals surface area contributed by atoms with Crippen molar-refractivity contribution >= 4 is 17.5 Å². The van der Waals surface area contributed by atoms with E-state index in [0.717, 1.165) is 42.7 Å². The van der Waals surface area contributed by atoms with E-state index in [1.165, 1.54) is 6.42 Å². The van der Waals surface area contributed by atoms with Crippen LogP contribution in [0, 0.1) is 13.8 Å². The second-order valence-corrected chi connectivity index (χ2v) is 7.55. The molecule has 160 valence electrons. The van der Waals surface area contributed by atoms with Gasteiger partial charge in [0.15, 0.2) is 18.1 Å². The maximum absolute atomic E-state index is 12.8. The van der Waals surface area contributed by atoms with E-state index in [1.54, 1.807) is 18.2 Å². The van der Waals surface area contributed by atoms with E-state index in [9.17, 15) is 9.59 Å². The number of anilines is 1. The summed E-state index contributed by atoms with van der Waals surface area (Å²) in [5, 5.41) is 2.98. The standard InChI is InChI=1S/C24H30N2O4/c1-4-29-21-15-19(24(28)25-23-17(2)9-8-10-18(23)3)11-12-20(21)30-16-22(27)26-13-6-5-7-14-26/h8-12,15H,4-7,13-14,16H2,1-3H3,(H,25,28). The van der Waals surface area contributed by atoms with Crippen molar-refractivity contribution in [3.63, 3.8) is 0 Å². The van der Waals surface area contributed by atoms with Gasteiger partial charge in [-0.05, 0) is 69.4 Å². The number of aryl methyl sites for hydroxylation is 2. The third kappa shape index (κ3) is 5.32. The lowest BCUT2D eigenvalue weighted by Gasteiger charge is -2.26. The summed E-state index contributed by atoms with van der Waals surface area (Å²) in [5.41, 5.74) is 3.29. The first-order chi connectivity index (χ1) is 14.5. The Morgan fingerprint density at radius 1 is 0.967 bits per heavy atom. The first-order valence-corrected chi connectivity index (χ1v) is 10.5. The summed E-state index contributed by atoms with van der Waals surface area (Å²) in [7, 11) is 0. The summed E-state index contributed by atoms with van der Waals surface area (Å²) in [6.45, 7) is 7.77. The Balaban J connectivity index is 1.71. The zero-order valence-corrected chi connectivity index (χ0v) is 18.0. The van der Waals surface area contributed by atoms with Crippen molar-refractivity contribution in [1.29, 1.82) is 0 Å². The Labute approximate surface area is 178 Å². The smallest absolute Gasteiger partial charge is 0.260 e. The molecule has 1 fully saturated rings. The number of hydrogen-bond acceptors (Lipinski definition) is 4. The van der Waals surface area contributed by atoms with Gasteiger partial charge in [0.25, 0.3) is 11.8 Å². The van der Waals surface area contributed by atoms with Crippen molar-refractivity contribution in [1.82, 2.24) is 4.90 Å². The van der Waals surface area contributed by atoms with Crippen LogP contribution in [0.3, 0.4) is 0 Å². The lowest BCUT2D eigenvalue weighted by Crippen LogP contribution is -2.38. The van der Waals surface area contributed by atoms with E-state index in [-0.39, 0.29) is 18.4 Å². The number of rotatable bonds is 7. The molecule has 30 heavy (non-hydrogen) atoms. The third-order valence-electron chi connectivity index (χ3n) is 5.29. The van der Waals surface area contributed by atoms with Gasteiger partial charge in [0, 0.05) is 24.3 Å².